The second kappa shape index (κ2) is 8.64. The lowest BCUT2D eigenvalue weighted by Gasteiger charge is -2.25. The van der Waals surface area contributed by atoms with E-state index >= 15 is 0 Å². The molecule has 0 spiro atoms. The van der Waals surface area contributed by atoms with Gasteiger partial charge in [0.05, 0.1) is 28.7 Å². The Bertz CT molecular complexity index is 811. The predicted molar refractivity (Wildman–Crippen MR) is 99.9 cm³/mol. The van der Waals surface area contributed by atoms with Gasteiger partial charge in [-0.15, -0.1) is 0 Å². The van der Waals surface area contributed by atoms with Gasteiger partial charge >= 0.3 is 0 Å². The summed E-state index contributed by atoms with van der Waals surface area (Å²) in [4.78, 5) is 24.6. The molecule has 0 heterocycles. The number of benzene rings is 2. The van der Waals surface area contributed by atoms with E-state index in [-0.39, 0.29) is 28.2 Å². The maximum Gasteiger partial charge on any atom is 0.270 e. The van der Waals surface area contributed by atoms with Gasteiger partial charge in [-0.05, 0) is 37.9 Å². The number of nitro benzene ring substituents is 1. The van der Waals surface area contributed by atoms with Gasteiger partial charge in [0.2, 0.25) is 0 Å². The molecule has 138 valence electrons. The van der Waals surface area contributed by atoms with E-state index in [0.717, 1.165) is 11.3 Å². The van der Waals surface area contributed by atoms with Crippen LogP contribution in [0.2, 0.25) is 5.02 Å². The third-order valence-corrected chi connectivity index (χ3v) is 4.28. The van der Waals surface area contributed by atoms with Crippen LogP contribution < -0.4 is 10.1 Å². The molecule has 2 aromatic rings. The van der Waals surface area contributed by atoms with Gasteiger partial charge in [0.15, 0.2) is 0 Å². The largest absolute Gasteiger partial charge is 0.497 e. The highest BCUT2D eigenvalue weighted by atomic mass is 35.5. The Hall–Kier alpha value is -2.64. The number of rotatable bonds is 7. The number of methoxy groups -OCH3 is 1. The highest BCUT2D eigenvalue weighted by Gasteiger charge is 2.19. The van der Waals surface area contributed by atoms with E-state index in [1.54, 1.807) is 7.11 Å². The first-order valence-electron chi connectivity index (χ1n) is 7.86. The summed E-state index contributed by atoms with van der Waals surface area (Å²) < 4.78 is 5.25. The van der Waals surface area contributed by atoms with Crippen LogP contribution in [-0.4, -0.2) is 43.5 Å². The van der Waals surface area contributed by atoms with Crippen molar-refractivity contribution in [1.29, 1.82) is 0 Å². The predicted octanol–water partition coefficient (Wildman–Crippen LogP) is 3.29. The molecule has 2 rings (SSSR count). The third kappa shape index (κ3) is 4.71. The number of nitrogens with zero attached hydrogens (tertiary/aromatic N) is 2. The number of carbonyl (C=O) groups is 1. The highest BCUT2D eigenvalue weighted by molar-refractivity contribution is 6.34. The highest BCUT2D eigenvalue weighted by Crippen LogP contribution is 2.24. The summed E-state index contributed by atoms with van der Waals surface area (Å²) in [5.41, 5.74) is 1.03. The molecule has 0 fully saturated rings. The van der Waals surface area contributed by atoms with Crippen LogP contribution in [0.1, 0.15) is 22.0 Å². The molecular weight excluding hydrogens is 358 g/mol. The summed E-state index contributed by atoms with van der Waals surface area (Å²) in [6, 6.07) is 11.3. The Labute approximate surface area is 156 Å². The molecule has 0 saturated heterocycles. The molecule has 0 bridgehead atoms. The number of nitrogens with one attached hydrogen (secondary N) is 1. The first-order valence-corrected chi connectivity index (χ1v) is 8.23. The SMILES string of the molecule is COc1cccc(C(CNC(=O)c2ccc([N+](=O)[O-])cc2Cl)N(C)C)c1. The Morgan fingerprint density at radius 3 is 2.62 bits per heavy atom. The quantitative estimate of drug-likeness (QED) is 0.591. The molecule has 2 aromatic carbocycles. The minimum absolute atomic E-state index is 0.0412. The van der Waals surface area contributed by atoms with Crippen LogP contribution in [0, 0.1) is 10.1 Å². The summed E-state index contributed by atoms with van der Waals surface area (Å²) in [6.07, 6.45) is 0. The molecular formula is C18H20ClN3O4. The standard InChI is InChI=1S/C18H20ClN3O4/c1-21(2)17(12-5-4-6-14(9-12)26-3)11-20-18(23)15-8-7-13(22(24)25)10-16(15)19/h4-10,17H,11H2,1-3H3,(H,20,23). The van der Waals surface area contributed by atoms with E-state index in [0.29, 0.717) is 6.54 Å². The minimum Gasteiger partial charge on any atom is -0.497 e. The van der Waals surface area contributed by atoms with Crippen LogP contribution in [0.3, 0.4) is 0 Å². The zero-order valence-corrected chi connectivity index (χ0v) is 15.5. The van der Waals surface area contributed by atoms with E-state index in [4.69, 9.17) is 16.3 Å². The summed E-state index contributed by atoms with van der Waals surface area (Å²) in [5, 5.41) is 13.6. The van der Waals surface area contributed by atoms with Crippen molar-refractivity contribution in [3.63, 3.8) is 0 Å². The number of amides is 1. The molecule has 8 heteroatoms. The fourth-order valence-electron chi connectivity index (χ4n) is 2.53. The number of carbonyl (C=O) groups excluding carboxylic acids is 1. The smallest absolute Gasteiger partial charge is 0.270 e. The Kier molecular flexibility index (Phi) is 6.54. The molecule has 1 atom stereocenters. The first-order chi connectivity index (χ1) is 12.3. The van der Waals surface area contributed by atoms with Gasteiger partial charge in [-0.3, -0.25) is 14.9 Å². The van der Waals surface area contributed by atoms with Crippen LogP contribution in [0.15, 0.2) is 42.5 Å². The van der Waals surface area contributed by atoms with Crippen molar-refractivity contribution in [3.05, 3.63) is 68.7 Å². The molecule has 0 radical (unpaired) electrons. The monoisotopic (exact) mass is 377 g/mol. The fraction of sp³-hybridized carbons (Fsp3) is 0.278. The average molecular weight is 378 g/mol. The molecule has 0 saturated carbocycles. The fourth-order valence-corrected chi connectivity index (χ4v) is 2.79. The number of hydrogen-bond donors (Lipinski definition) is 1. The van der Waals surface area contributed by atoms with Crippen molar-refractivity contribution in [2.75, 3.05) is 27.7 Å². The van der Waals surface area contributed by atoms with Gasteiger partial charge in [0.1, 0.15) is 5.75 Å². The molecule has 1 amide bonds. The van der Waals surface area contributed by atoms with E-state index in [1.807, 2.05) is 43.3 Å². The van der Waals surface area contributed by atoms with Gasteiger partial charge in [-0.1, -0.05) is 23.7 Å². The number of hydrogen-bond acceptors (Lipinski definition) is 5. The first kappa shape index (κ1) is 19.7. The van der Waals surface area contributed by atoms with E-state index < -0.39 is 4.92 Å². The third-order valence-electron chi connectivity index (χ3n) is 3.97. The van der Waals surface area contributed by atoms with Crippen LogP contribution in [0.5, 0.6) is 5.75 Å². The second-order valence-electron chi connectivity index (χ2n) is 5.89. The van der Waals surface area contributed by atoms with E-state index in [1.165, 1.54) is 18.2 Å². The maximum atomic E-state index is 12.4. The number of ether oxygens (including phenoxy) is 1. The van der Waals surface area contributed by atoms with Gasteiger partial charge in [-0.25, -0.2) is 0 Å². The van der Waals surface area contributed by atoms with Gasteiger partial charge in [0, 0.05) is 18.7 Å². The second-order valence-corrected chi connectivity index (χ2v) is 6.29. The Balaban J connectivity index is 2.13. The molecule has 0 aliphatic rings. The molecule has 7 nitrogen and oxygen atoms in total. The van der Waals surface area contributed by atoms with Crippen molar-refractivity contribution >= 4 is 23.2 Å². The Morgan fingerprint density at radius 1 is 1.31 bits per heavy atom. The molecule has 0 aliphatic heterocycles. The van der Waals surface area contributed by atoms with E-state index in [2.05, 4.69) is 5.32 Å². The van der Waals surface area contributed by atoms with Gasteiger partial charge in [0.25, 0.3) is 11.6 Å². The summed E-state index contributed by atoms with van der Waals surface area (Å²) in [5.74, 6) is 0.346. The molecule has 0 aliphatic carbocycles. The van der Waals surface area contributed by atoms with Crippen molar-refractivity contribution in [3.8, 4) is 5.75 Å². The van der Waals surface area contributed by atoms with Crippen molar-refractivity contribution in [2.45, 2.75) is 6.04 Å². The number of likely N-dealkylation sites (N-methyl/N-ethyl adjacent to an activating group) is 1. The normalized spacial score (nSPS) is 11.9. The van der Waals surface area contributed by atoms with E-state index in [9.17, 15) is 14.9 Å². The average Bonchev–Trinajstić information content (AvgIpc) is 2.61. The van der Waals surface area contributed by atoms with Gasteiger partial charge < -0.3 is 15.0 Å². The zero-order valence-electron chi connectivity index (χ0n) is 14.7. The lowest BCUT2D eigenvalue weighted by Crippen LogP contribution is -2.34. The van der Waals surface area contributed by atoms with Gasteiger partial charge in [-0.2, -0.15) is 0 Å². The van der Waals surface area contributed by atoms with Crippen LogP contribution in [0.4, 0.5) is 5.69 Å². The number of non-ortho nitro benzene ring substituents is 1. The topological polar surface area (TPSA) is 84.7 Å². The lowest BCUT2D eigenvalue weighted by molar-refractivity contribution is -0.384. The van der Waals surface area contributed by atoms with Crippen molar-refractivity contribution < 1.29 is 14.5 Å². The lowest BCUT2D eigenvalue weighted by atomic mass is 10.1. The minimum atomic E-state index is -0.557. The molecule has 1 N–H and O–H groups in total. The van der Waals surface area contributed by atoms with Crippen LogP contribution >= 0.6 is 11.6 Å². The molecule has 0 aromatic heterocycles. The zero-order chi connectivity index (χ0) is 19.3. The summed E-state index contributed by atoms with van der Waals surface area (Å²) >= 11 is 6.01. The Morgan fingerprint density at radius 2 is 2.04 bits per heavy atom. The maximum absolute atomic E-state index is 12.4. The summed E-state index contributed by atoms with van der Waals surface area (Å²) in [7, 11) is 5.42. The molecule has 26 heavy (non-hydrogen) atoms. The van der Waals surface area contributed by atoms with Crippen LogP contribution in [0.25, 0.3) is 0 Å². The molecule has 1 unspecified atom stereocenters. The van der Waals surface area contributed by atoms with Crippen LogP contribution in [-0.2, 0) is 0 Å². The summed E-state index contributed by atoms with van der Waals surface area (Å²) in [6.45, 7) is 0.340. The van der Waals surface area contributed by atoms with Crippen molar-refractivity contribution in [1.82, 2.24) is 10.2 Å². The number of halogens is 1. The van der Waals surface area contributed by atoms with Crippen molar-refractivity contribution in [2.24, 2.45) is 0 Å². The number of nitro groups is 1.